The lowest BCUT2D eigenvalue weighted by Gasteiger charge is -2.32. The van der Waals surface area contributed by atoms with Crippen molar-refractivity contribution >= 4 is 16.7 Å². The Bertz CT molecular complexity index is 1260. The molecule has 0 amide bonds. The molecule has 0 bridgehead atoms. The van der Waals surface area contributed by atoms with Crippen LogP contribution >= 0.6 is 0 Å². The molecule has 0 spiro atoms. The van der Waals surface area contributed by atoms with Gasteiger partial charge in [-0.1, -0.05) is 6.92 Å². The average Bonchev–Trinajstić information content (AvgIpc) is 3.31. The SMILES string of the molecule is CCN1CCCC(n2c(=O)[nH]c3cc(-c4cc(C)c5ncnn5c4)c(C)cc32)C1. The van der Waals surface area contributed by atoms with Crippen molar-refractivity contribution in [2.45, 2.75) is 39.7 Å². The van der Waals surface area contributed by atoms with E-state index in [1.165, 1.54) is 0 Å². The van der Waals surface area contributed by atoms with E-state index in [1.54, 1.807) is 6.33 Å². The van der Waals surface area contributed by atoms with Crippen LogP contribution in [-0.2, 0) is 0 Å². The first-order valence-electron chi connectivity index (χ1n) is 10.3. The largest absolute Gasteiger partial charge is 0.326 e. The van der Waals surface area contributed by atoms with Crippen molar-refractivity contribution in [3.63, 3.8) is 0 Å². The first-order valence-corrected chi connectivity index (χ1v) is 10.3. The number of pyridine rings is 1. The van der Waals surface area contributed by atoms with E-state index in [1.807, 2.05) is 22.2 Å². The van der Waals surface area contributed by atoms with Gasteiger partial charge >= 0.3 is 5.69 Å². The minimum Gasteiger partial charge on any atom is -0.306 e. The highest BCUT2D eigenvalue weighted by Gasteiger charge is 2.24. The van der Waals surface area contributed by atoms with Crippen LogP contribution in [-0.4, -0.2) is 48.7 Å². The molecule has 29 heavy (non-hydrogen) atoms. The maximum atomic E-state index is 12.9. The number of aromatic amines is 1. The van der Waals surface area contributed by atoms with Gasteiger partial charge in [-0.05, 0) is 74.7 Å². The standard InChI is InChI=1S/C22H26N6O/c1-4-26-7-5-6-17(12-26)28-20-9-14(2)18(10-19(20)25-22(28)29)16-8-15(3)21-23-13-24-27(21)11-16/h8-11,13,17H,4-7,12H2,1-3H3,(H,25,29). The van der Waals surface area contributed by atoms with Crippen LogP contribution in [0.4, 0.5) is 0 Å². The van der Waals surface area contributed by atoms with E-state index < -0.39 is 0 Å². The summed E-state index contributed by atoms with van der Waals surface area (Å²) in [6.45, 7) is 9.42. The lowest BCUT2D eigenvalue weighted by molar-refractivity contribution is 0.185. The van der Waals surface area contributed by atoms with Crippen LogP contribution < -0.4 is 5.69 Å². The molecule has 150 valence electrons. The number of aryl methyl sites for hydroxylation is 2. The molecule has 0 radical (unpaired) electrons. The Labute approximate surface area is 169 Å². The Hall–Kier alpha value is -2.93. The first-order chi connectivity index (χ1) is 14.0. The zero-order valence-electron chi connectivity index (χ0n) is 17.1. The second kappa shape index (κ2) is 6.84. The van der Waals surface area contributed by atoms with Crippen LogP contribution in [0, 0.1) is 13.8 Å². The predicted octanol–water partition coefficient (Wildman–Crippen LogP) is 3.31. The van der Waals surface area contributed by atoms with Gasteiger partial charge in [0.05, 0.1) is 17.1 Å². The van der Waals surface area contributed by atoms with Gasteiger partial charge in [-0.3, -0.25) is 4.57 Å². The van der Waals surface area contributed by atoms with E-state index in [9.17, 15) is 4.79 Å². The number of benzene rings is 1. The van der Waals surface area contributed by atoms with Crippen LogP contribution in [0.15, 0.2) is 35.5 Å². The van der Waals surface area contributed by atoms with Crippen LogP contribution in [0.5, 0.6) is 0 Å². The number of nitrogens with one attached hydrogen (secondary N) is 1. The fourth-order valence-electron chi connectivity index (χ4n) is 4.72. The molecule has 1 aliphatic rings. The third-order valence-electron chi connectivity index (χ3n) is 6.23. The van der Waals surface area contributed by atoms with Gasteiger partial charge in [-0.15, -0.1) is 0 Å². The van der Waals surface area contributed by atoms with E-state index in [2.05, 4.69) is 52.0 Å². The minimum atomic E-state index is -0.0117. The second-order valence-electron chi connectivity index (χ2n) is 8.11. The molecule has 0 saturated carbocycles. The van der Waals surface area contributed by atoms with Crippen LogP contribution in [0.3, 0.4) is 0 Å². The number of nitrogens with zero attached hydrogens (tertiary/aromatic N) is 5. The van der Waals surface area contributed by atoms with E-state index in [0.29, 0.717) is 0 Å². The zero-order valence-corrected chi connectivity index (χ0v) is 17.1. The lowest BCUT2D eigenvalue weighted by Crippen LogP contribution is -2.39. The molecule has 1 fully saturated rings. The van der Waals surface area contributed by atoms with Gasteiger partial charge in [0.15, 0.2) is 5.65 Å². The van der Waals surface area contributed by atoms with E-state index in [4.69, 9.17) is 0 Å². The molecule has 7 nitrogen and oxygen atoms in total. The highest BCUT2D eigenvalue weighted by atomic mass is 16.1. The molecule has 1 unspecified atom stereocenters. The number of hydrogen-bond donors (Lipinski definition) is 1. The van der Waals surface area contributed by atoms with Gasteiger partial charge in [-0.25, -0.2) is 14.3 Å². The Kier molecular flexibility index (Phi) is 4.28. The summed E-state index contributed by atoms with van der Waals surface area (Å²) in [6, 6.07) is 6.60. The Morgan fingerprint density at radius 2 is 2.07 bits per heavy atom. The van der Waals surface area contributed by atoms with Gasteiger partial charge in [0, 0.05) is 18.3 Å². The lowest BCUT2D eigenvalue weighted by atomic mass is 9.99. The maximum absolute atomic E-state index is 12.9. The molecule has 1 atom stereocenters. The van der Waals surface area contributed by atoms with Crippen molar-refractivity contribution in [1.29, 1.82) is 0 Å². The summed E-state index contributed by atoms with van der Waals surface area (Å²) in [5.41, 5.74) is 7.14. The summed E-state index contributed by atoms with van der Waals surface area (Å²) in [5, 5.41) is 4.29. The summed E-state index contributed by atoms with van der Waals surface area (Å²) in [4.78, 5) is 22.7. The molecule has 1 aromatic carbocycles. The number of rotatable bonds is 3. The normalized spacial score (nSPS) is 18.1. The zero-order chi connectivity index (χ0) is 20.1. The topological polar surface area (TPSA) is 71.2 Å². The molecule has 1 saturated heterocycles. The summed E-state index contributed by atoms with van der Waals surface area (Å²) < 4.78 is 3.78. The number of piperidine rings is 1. The molecule has 0 aliphatic carbocycles. The monoisotopic (exact) mass is 390 g/mol. The fraction of sp³-hybridized carbons (Fsp3) is 0.409. The number of H-pyrrole nitrogens is 1. The summed E-state index contributed by atoms with van der Waals surface area (Å²) >= 11 is 0. The predicted molar refractivity (Wildman–Crippen MR) is 114 cm³/mol. The molecule has 4 aromatic rings. The van der Waals surface area contributed by atoms with Gasteiger partial charge in [0.25, 0.3) is 0 Å². The highest BCUT2D eigenvalue weighted by Crippen LogP contribution is 2.31. The first kappa shape index (κ1) is 18.1. The molecule has 7 heteroatoms. The van der Waals surface area contributed by atoms with Gasteiger partial charge in [0.1, 0.15) is 6.33 Å². The van der Waals surface area contributed by atoms with E-state index >= 15 is 0 Å². The molecular weight excluding hydrogens is 364 g/mol. The van der Waals surface area contributed by atoms with Crippen molar-refractivity contribution in [3.8, 4) is 11.1 Å². The van der Waals surface area contributed by atoms with Crippen molar-refractivity contribution in [3.05, 3.63) is 52.3 Å². The summed E-state index contributed by atoms with van der Waals surface area (Å²) in [5.74, 6) is 0. The van der Waals surface area contributed by atoms with Gasteiger partial charge < -0.3 is 9.88 Å². The molecule has 1 N–H and O–H groups in total. The smallest absolute Gasteiger partial charge is 0.306 e. The summed E-state index contributed by atoms with van der Waals surface area (Å²) in [7, 11) is 0. The highest BCUT2D eigenvalue weighted by molar-refractivity contribution is 5.84. The molecule has 3 aromatic heterocycles. The van der Waals surface area contributed by atoms with Crippen LogP contribution in [0.25, 0.3) is 27.8 Å². The number of likely N-dealkylation sites (N-methyl/N-ethyl adjacent to an activating group) is 1. The Morgan fingerprint density at radius 1 is 1.21 bits per heavy atom. The van der Waals surface area contributed by atoms with Crippen molar-refractivity contribution < 1.29 is 0 Å². The van der Waals surface area contributed by atoms with E-state index in [-0.39, 0.29) is 11.7 Å². The van der Waals surface area contributed by atoms with E-state index in [0.717, 1.165) is 71.4 Å². The van der Waals surface area contributed by atoms with Crippen molar-refractivity contribution in [2.24, 2.45) is 0 Å². The van der Waals surface area contributed by atoms with Gasteiger partial charge in [0.2, 0.25) is 0 Å². The number of hydrogen-bond acceptors (Lipinski definition) is 4. The quantitative estimate of drug-likeness (QED) is 0.583. The molecule has 5 rings (SSSR count). The summed E-state index contributed by atoms with van der Waals surface area (Å²) in [6.07, 6.45) is 5.75. The number of imidazole rings is 1. The third-order valence-corrected chi connectivity index (χ3v) is 6.23. The number of fused-ring (bicyclic) bond motifs is 2. The average molecular weight is 390 g/mol. The number of likely N-dealkylation sites (tertiary alicyclic amines) is 1. The van der Waals surface area contributed by atoms with Crippen LogP contribution in [0.2, 0.25) is 0 Å². The van der Waals surface area contributed by atoms with Gasteiger partial charge in [-0.2, -0.15) is 5.10 Å². The second-order valence-corrected chi connectivity index (χ2v) is 8.11. The molecular formula is C22H26N6O. The fourth-order valence-corrected chi connectivity index (χ4v) is 4.72. The van der Waals surface area contributed by atoms with Crippen molar-refractivity contribution in [1.82, 2.24) is 29.0 Å². The molecule has 4 heterocycles. The minimum absolute atomic E-state index is 0.0117. The van der Waals surface area contributed by atoms with Crippen LogP contribution in [0.1, 0.15) is 36.9 Å². The maximum Gasteiger partial charge on any atom is 0.326 e. The Balaban J connectivity index is 1.63. The number of aromatic nitrogens is 5. The third kappa shape index (κ3) is 2.97. The Morgan fingerprint density at radius 3 is 2.90 bits per heavy atom. The van der Waals surface area contributed by atoms with Crippen molar-refractivity contribution in [2.75, 3.05) is 19.6 Å². The molecule has 1 aliphatic heterocycles.